The van der Waals surface area contributed by atoms with E-state index in [-0.39, 0.29) is 0 Å². The van der Waals surface area contributed by atoms with Gasteiger partial charge in [0.05, 0.1) is 7.11 Å². The molecule has 4 heteroatoms. The van der Waals surface area contributed by atoms with Gasteiger partial charge in [-0.3, -0.25) is 0 Å². The Bertz CT molecular complexity index is 331. The maximum Gasteiger partial charge on any atom is 0.120 e. The highest BCUT2D eigenvalue weighted by Crippen LogP contribution is 2.22. The van der Waals surface area contributed by atoms with Crippen LogP contribution in [0.15, 0.2) is 18.2 Å². The van der Waals surface area contributed by atoms with Crippen LogP contribution in [0.3, 0.4) is 0 Å². The topological polar surface area (TPSA) is 41.5 Å². The summed E-state index contributed by atoms with van der Waals surface area (Å²) in [6.07, 6.45) is 2.08. The predicted molar refractivity (Wildman–Crippen MR) is 69.3 cm³/mol. The summed E-state index contributed by atoms with van der Waals surface area (Å²) in [6.45, 7) is 2.79. The van der Waals surface area contributed by atoms with Crippen molar-refractivity contribution in [2.45, 2.75) is 19.5 Å². The van der Waals surface area contributed by atoms with Gasteiger partial charge in [-0.05, 0) is 31.4 Å². The minimum atomic E-state index is 0.310. The predicted octanol–water partition coefficient (Wildman–Crippen LogP) is 2.24. The van der Waals surface area contributed by atoms with E-state index in [1.165, 1.54) is 0 Å². The molecule has 1 atom stereocenters. The normalized spacial score (nSPS) is 12.4. The van der Waals surface area contributed by atoms with Gasteiger partial charge in [-0.1, -0.05) is 0 Å². The third kappa shape index (κ3) is 3.94. The molecule has 0 aliphatic heterocycles. The van der Waals surface area contributed by atoms with Crippen LogP contribution < -0.4 is 10.1 Å². The Morgan fingerprint density at radius 3 is 2.88 bits per heavy atom. The molecule has 0 aromatic heterocycles. The molecule has 3 nitrogen and oxygen atoms in total. The zero-order valence-electron chi connectivity index (χ0n) is 9.99. The molecular weight excluding hydrogens is 222 g/mol. The molecule has 0 aliphatic rings. The molecule has 0 heterocycles. The quantitative estimate of drug-likeness (QED) is 0.801. The monoisotopic (exact) mass is 241 g/mol. The van der Waals surface area contributed by atoms with E-state index >= 15 is 0 Å². The van der Waals surface area contributed by atoms with Gasteiger partial charge in [-0.2, -0.15) is 11.8 Å². The first kappa shape index (κ1) is 13.2. The first-order chi connectivity index (χ1) is 7.67. The van der Waals surface area contributed by atoms with E-state index in [9.17, 15) is 5.11 Å². The van der Waals surface area contributed by atoms with Crippen molar-refractivity contribution < 1.29 is 9.84 Å². The fourth-order valence-electron chi connectivity index (χ4n) is 1.42. The lowest BCUT2D eigenvalue weighted by Crippen LogP contribution is -2.27. The molecule has 0 amide bonds. The largest absolute Gasteiger partial charge is 0.508 e. The molecule has 1 aromatic carbocycles. The minimum absolute atomic E-state index is 0.310. The van der Waals surface area contributed by atoms with Crippen LogP contribution in [0.5, 0.6) is 11.5 Å². The Balaban J connectivity index is 2.58. The summed E-state index contributed by atoms with van der Waals surface area (Å²) in [6, 6.07) is 5.70. The van der Waals surface area contributed by atoms with Crippen LogP contribution >= 0.6 is 11.8 Å². The summed E-state index contributed by atoms with van der Waals surface area (Å²) in [4.78, 5) is 0. The molecule has 0 fully saturated rings. The number of methoxy groups -OCH3 is 1. The minimum Gasteiger partial charge on any atom is -0.508 e. The van der Waals surface area contributed by atoms with Crippen molar-refractivity contribution in [3.8, 4) is 11.5 Å². The average molecular weight is 241 g/mol. The molecule has 1 rings (SSSR count). The van der Waals surface area contributed by atoms with Crippen molar-refractivity contribution in [1.82, 2.24) is 5.32 Å². The van der Waals surface area contributed by atoms with Crippen LogP contribution in [-0.2, 0) is 6.54 Å². The van der Waals surface area contributed by atoms with Crippen molar-refractivity contribution in [3.05, 3.63) is 23.8 Å². The molecule has 0 bridgehead atoms. The van der Waals surface area contributed by atoms with Crippen LogP contribution in [0, 0.1) is 0 Å². The third-order valence-electron chi connectivity index (χ3n) is 2.34. The van der Waals surface area contributed by atoms with Crippen molar-refractivity contribution >= 4 is 11.8 Å². The van der Waals surface area contributed by atoms with Crippen LogP contribution in [0.4, 0.5) is 0 Å². The Hall–Kier alpha value is -0.870. The van der Waals surface area contributed by atoms with E-state index in [4.69, 9.17) is 4.74 Å². The maximum absolute atomic E-state index is 9.67. The Kier molecular flexibility index (Phi) is 5.49. The van der Waals surface area contributed by atoms with E-state index in [0.717, 1.165) is 17.1 Å². The van der Waals surface area contributed by atoms with Gasteiger partial charge in [-0.15, -0.1) is 0 Å². The number of hydrogen-bond acceptors (Lipinski definition) is 4. The summed E-state index contributed by atoms with van der Waals surface area (Å²) in [5.41, 5.74) is 0.868. The second kappa shape index (κ2) is 6.66. The van der Waals surface area contributed by atoms with Crippen molar-refractivity contribution in [2.75, 3.05) is 19.1 Å². The molecule has 16 heavy (non-hydrogen) atoms. The first-order valence-corrected chi connectivity index (χ1v) is 6.65. The number of phenolic OH excluding ortho intramolecular Hbond substituents is 1. The van der Waals surface area contributed by atoms with Crippen molar-refractivity contribution in [2.24, 2.45) is 0 Å². The lowest BCUT2D eigenvalue weighted by Gasteiger charge is -2.13. The summed E-state index contributed by atoms with van der Waals surface area (Å²) in [7, 11) is 1.62. The molecule has 0 spiro atoms. The summed E-state index contributed by atoms with van der Waals surface area (Å²) < 4.78 is 5.12. The SMILES string of the molecule is COc1ccc(O)c(CNC(C)CSC)c1. The maximum atomic E-state index is 9.67. The van der Waals surface area contributed by atoms with Gasteiger partial charge in [0, 0.05) is 23.9 Å². The zero-order chi connectivity index (χ0) is 12.0. The lowest BCUT2D eigenvalue weighted by molar-refractivity contribution is 0.409. The molecule has 90 valence electrons. The smallest absolute Gasteiger partial charge is 0.120 e. The van der Waals surface area contributed by atoms with Gasteiger partial charge in [-0.25, -0.2) is 0 Å². The van der Waals surface area contributed by atoms with E-state index in [1.54, 1.807) is 19.2 Å². The van der Waals surface area contributed by atoms with E-state index in [2.05, 4.69) is 18.5 Å². The third-order valence-corrected chi connectivity index (χ3v) is 3.18. The fraction of sp³-hybridized carbons (Fsp3) is 0.500. The molecule has 0 aliphatic carbocycles. The summed E-state index contributed by atoms with van der Waals surface area (Å²) in [5.74, 6) is 2.14. The van der Waals surface area contributed by atoms with E-state index < -0.39 is 0 Å². The molecule has 0 saturated heterocycles. The van der Waals surface area contributed by atoms with Gasteiger partial charge >= 0.3 is 0 Å². The molecule has 1 aromatic rings. The number of rotatable bonds is 6. The number of thioether (sulfide) groups is 1. The Morgan fingerprint density at radius 1 is 1.50 bits per heavy atom. The highest BCUT2D eigenvalue weighted by Gasteiger charge is 2.05. The highest BCUT2D eigenvalue weighted by molar-refractivity contribution is 7.98. The van der Waals surface area contributed by atoms with Crippen LogP contribution in [0.1, 0.15) is 12.5 Å². The van der Waals surface area contributed by atoms with Crippen LogP contribution in [-0.4, -0.2) is 30.3 Å². The lowest BCUT2D eigenvalue weighted by atomic mass is 10.2. The number of ether oxygens (including phenoxy) is 1. The average Bonchev–Trinajstić information content (AvgIpc) is 2.28. The number of nitrogens with one attached hydrogen (secondary N) is 1. The standard InChI is InChI=1S/C12H19NO2S/c1-9(8-16-3)13-7-10-6-11(15-2)4-5-12(10)14/h4-6,9,13-14H,7-8H2,1-3H3. The molecule has 0 radical (unpaired) electrons. The number of aromatic hydroxyl groups is 1. The molecular formula is C12H19NO2S. The Labute approximate surface area is 101 Å². The van der Waals surface area contributed by atoms with Gasteiger partial charge < -0.3 is 15.2 Å². The van der Waals surface area contributed by atoms with E-state index in [1.807, 2.05) is 17.8 Å². The molecule has 0 saturated carbocycles. The molecule has 1 unspecified atom stereocenters. The second-order valence-corrected chi connectivity index (χ2v) is 4.64. The number of phenols is 1. The van der Waals surface area contributed by atoms with Gasteiger partial charge in [0.15, 0.2) is 0 Å². The summed E-state index contributed by atoms with van der Waals surface area (Å²) >= 11 is 1.81. The number of benzene rings is 1. The second-order valence-electron chi connectivity index (χ2n) is 3.73. The zero-order valence-corrected chi connectivity index (χ0v) is 10.8. The van der Waals surface area contributed by atoms with Gasteiger partial charge in [0.2, 0.25) is 0 Å². The Morgan fingerprint density at radius 2 is 2.25 bits per heavy atom. The van der Waals surface area contributed by atoms with Crippen molar-refractivity contribution in [1.29, 1.82) is 0 Å². The van der Waals surface area contributed by atoms with Crippen molar-refractivity contribution in [3.63, 3.8) is 0 Å². The van der Waals surface area contributed by atoms with Crippen LogP contribution in [0.25, 0.3) is 0 Å². The molecule has 2 N–H and O–H groups in total. The highest BCUT2D eigenvalue weighted by atomic mass is 32.2. The number of hydrogen-bond donors (Lipinski definition) is 2. The van der Waals surface area contributed by atoms with Gasteiger partial charge in [0.25, 0.3) is 0 Å². The van der Waals surface area contributed by atoms with Crippen LogP contribution in [0.2, 0.25) is 0 Å². The van der Waals surface area contributed by atoms with Gasteiger partial charge in [0.1, 0.15) is 11.5 Å². The summed E-state index contributed by atoms with van der Waals surface area (Å²) in [5, 5.41) is 13.0. The van der Waals surface area contributed by atoms with E-state index in [0.29, 0.717) is 18.3 Å². The fourth-order valence-corrected chi connectivity index (χ4v) is 2.04. The first-order valence-electron chi connectivity index (χ1n) is 5.25.